The normalized spacial score (nSPS) is 10.7. The third kappa shape index (κ3) is 11.1. The number of rotatable bonds is 10. The van der Waals surface area contributed by atoms with Gasteiger partial charge in [-0.1, -0.05) is 63.1 Å². The molecule has 2 aromatic carbocycles. The van der Waals surface area contributed by atoms with Gasteiger partial charge in [-0.2, -0.15) is 0 Å². The van der Waals surface area contributed by atoms with Gasteiger partial charge in [-0.05, 0) is 37.1 Å². The van der Waals surface area contributed by atoms with Crippen LogP contribution >= 0.6 is 7.82 Å². The first-order valence-electron chi connectivity index (χ1n) is 9.06. The second kappa shape index (κ2) is 13.5. The van der Waals surface area contributed by atoms with Gasteiger partial charge in [-0.15, -0.1) is 0 Å². The minimum atomic E-state index is -3.75. The Hall–Kier alpha value is -1.65. The Labute approximate surface area is 157 Å². The number of hydrogen-bond donors (Lipinski definition) is 2. The zero-order chi connectivity index (χ0) is 19.1. The lowest BCUT2D eigenvalue weighted by Gasteiger charge is -2.10. The van der Waals surface area contributed by atoms with E-state index in [0.29, 0.717) is 0 Å². The van der Waals surface area contributed by atoms with E-state index in [9.17, 15) is 4.57 Å². The Morgan fingerprint density at radius 3 is 1.54 bits per heavy atom. The van der Waals surface area contributed by atoms with Crippen LogP contribution < -0.4 is 5.32 Å². The summed E-state index contributed by atoms with van der Waals surface area (Å²) in [6, 6.07) is 20.3. The number of phosphoric ester groups is 1. The van der Waals surface area contributed by atoms with Crippen LogP contribution in [0.3, 0.4) is 0 Å². The standard InChI is InChI=1S/C12H11N.C8H19O4P/c1-3-7-11(8-4-1)13-12-9-5-2-6-10-12;1-3-5-7-11-13(9,10)12-8-6-4-2/h1-10,13H;3-8H2,1-2H3,(H,9,10). The van der Waals surface area contributed by atoms with Gasteiger partial charge in [0, 0.05) is 11.4 Å². The van der Waals surface area contributed by atoms with Crippen molar-refractivity contribution in [2.24, 2.45) is 0 Å². The zero-order valence-electron chi connectivity index (χ0n) is 15.6. The Morgan fingerprint density at radius 1 is 0.808 bits per heavy atom. The average Bonchev–Trinajstić information content (AvgIpc) is 2.64. The summed E-state index contributed by atoms with van der Waals surface area (Å²) >= 11 is 0. The fraction of sp³-hybridized carbons (Fsp3) is 0.400. The molecule has 0 aliphatic rings. The highest BCUT2D eigenvalue weighted by Crippen LogP contribution is 2.43. The van der Waals surface area contributed by atoms with Gasteiger partial charge in [0.05, 0.1) is 13.2 Å². The van der Waals surface area contributed by atoms with E-state index in [-0.39, 0.29) is 13.2 Å². The quantitative estimate of drug-likeness (QED) is 0.383. The van der Waals surface area contributed by atoms with Gasteiger partial charge < -0.3 is 10.2 Å². The zero-order valence-corrected chi connectivity index (χ0v) is 16.5. The van der Waals surface area contributed by atoms with Gasteiger partial charge in [-0.3, -0.25) is 9.05 Å². The van der Waals surface area contributed by atoms with Crippen LogP contribution in [0.5, 0.6) is 0 Å². The maximum Gasteiger partial charge on any atom is 0.472 e. The van der Waals surface area contributed by atoms with E-state index in [2.05, 4.69) is 5.32 Å². The molecule has 0 atom stereocenters. The maximum atomic E-state index is 11.1. The molecule has 0 fully saturated rings. The molecular weight excluding hydrogens is 349 g/mol. The molecule has 0 spiro atoms. The summed E-state index contributed by atoms with van der Waals surface area (Å²) in [5.74, 6) is 0. The van der Waals surface area contributed by atoms with Gasteiger partial charge in [0.25, 0.3) is 0 Å². The van der Waals surface area contributed by atoms with Crippen molar-refractivity contribution in [1.29, 1.82) is 0 Å². The van der Waals surface area contributed by atoms with Crippen LogP contribution in [0.25, 0.3) is 0 Å². The molecular formula is C20H30NO4P. The van der Waals surface area contributed by atoms with Gasteiger partial charge in [0.1, 0.15) is 0 Å². The predicted octanol–water partition coefficient (Wildman–Crippen LogP) is 6.15. The lowest BCUT2D eigenvalue weighted by molar-refractivity contribution is 0.146. The summed E-state index contributed by atoms with van der Waals surface area (Å²) in [7, 11) is -3.75. The Kier molecular flexibility index (Phi) is 11.7. The third-order valence-electron chi connectivity index (χ3n) is 3.34. The monoisotopic (exact) mass is 379 g/mol. The number of nitrogens with one attached hydrogen (secondary N) is 1. The number of anilines is 2. The molecule has 0 aromatic heterocycles. The molecule has 2 rings (SSSR count). The molecule has 26 heavy (non-hydrogen) atoms. The first-order chi connectivity index (χ1) is 12.6. The molecule has 0 unspecified atom stereocenters. The molecule has 0 bridgehead atoms. The Bertz CT molecular complexity index is 571. The topological polar surface area (TPSA) is 67.8 Å². The predicted molar refractivity (Wildman–Crippen MR) is 108 cm³/mol. The van der Waals surface area contributed by atoms with E-state index >= 15 is 0 Å². The smallest absolute Gasteiger partial charge is 0.356 e. The van der Waals surface area contributed by atoms with E-state index in [1.807, 2.05) is 74.5 Å². The molecule has 2 N–H and O–H groups in total. The minimum absolute atomic E-state index is 0.288. The van der Waals surface area contributed by atoms with E-state index in [1.54, 1.807) is 0 Å². The van der Waals surface area contributed by atoms with Crippen molar-refractivity contribution < 1.29 is 18.5 Å². The average molecular weight is 379 g/mol. The fourth-order valence-corrected chi connectivity index (χ4v) is 2.69. The Balaban J connectivity index is 0.000000260. The largest absolute Gasteiger partial charge is 0.472 e. The van der Waals surface area contributed by atoms with Crippen LogP contribution in [-0.2, 0) is 13.6 Å². The Morgan fingerprint density at radius 2 is 1.19 bits per heavy atom. The van der Waals surface area contributed by atoms with Crippen LogP contribution in [0.4, 0.5) is 11.4 Å². The van der Waals surface area contributed by atoms with Crippen LogP contribution in [-0.4, -0.2) is 18.1 Å². The van der Waals surface area contributed by atoms with Gasteiger partial charge >= 0.3 is 7.82 Å². The summed E-state index contributed by atoms with van der Waals surface area (Å²) in [5.41, 5.74) is 2.24. The lowest BCUT2D eigenvalue weighted by atomic mass is 10.3. The SMILES string of the molecule is CCCCOP(=O)(O)OCCCC.c1ccc(Nc2ccccc2)cc1. The summed E-state index contributed by atoms with van der Waals surface area (Å²) in [5, 5.41) is 3.30. The number of unbranched alkanes of at least 4 members (excludes halogenated alkanes) is 2. The number of phosphoric acid groups is 1. The van der Waals surface area contributed by atoms with Gasteiger partial charge in [0.15, 0.2) is 0 Å². The van der Waals surface area contributed by atoms with Crippen molar-refractivity contribution in [1.82, 2.24) is 0 Å². The van der Waals surface area contributed by atoms with Crippen molar-refractivity contribution >= 4 is 19.2 Å². The molecule has 5 nitrogen and oxygen atoms in total. The molecule has 0 radical (unpaired) electrons. The van der Waals surface area contributed by atoms with Gasteiger partial charge in [-0.25, -0.2) is 4.57 Å². The molecule has 144 valence electrons. The lowest BCUT2D eigenvalue weighted by Crippen LogP contribution is -1.98. The van der Waals surface area contributed by atoms with Crippen LogP contribution in [0.1, 0.15) is 39.5 Å². The highest BCUT2D eigenvalue weighted by molar-refractivity contribution is 7.47. The van der Waals surface area contributed by atoms with Crippen molar-refractivity contribution in [2.45, 2.75) is 39.5 Å². The van der Waals surface area contributed by atoms with E-state index < -0.39 is 7.82 Å². The number of para-hydroxylation sites is 2. The second-order valence-corrected chi connectivity index (χ2v) is 7.15. The highest BCUT2D eigenvalue weighted by atomic mass is 31.2. The van der Waals surface area contributed by atoms with Crippen LogP contribution in [0.2, 0.25) is 0 Å². The van der Waals surface area contributed by atoms with Crippen molar-refractivity contribution in [3.05, 3.63) is 60.7 Å². The molecule has 0 aliphatic carbocycles. The molecule has 2 aromatic rings. The fourth-order valence-electron chi connectivity index (χ4n) is 1.90. The number of benzene rings is 2. The summed E-state index contributed by atoms with van der Waals surface area (Å²) in [6.45, 7) is 4.56. The summed E-state index contributed by atoms with van der Waals surface area (Å²) < 4.78 is 20.5. The molecule has 0 saturated carbocycles. The van der Waals surface area contributed by atoms with E-state index in [0.717, 1.165) is 37.1 Å². The highest BCUT2D eigenvalue weighted by Gasteiger charge is 2.19. The first-order valence-corrected chi connectivity index (χ1v) is 10.6. The minimum Gasteiger partial charge on any atom is -0.356 e. The number of hydrogen-bond acceptors (Lipinski definition) is 4. The first kappa shape index (κ1) is 22.4. The van der Waals surface area contributed by atoms with Crippen molar-refractivity contribution in [3.8, 4) is 0 Å². The molecule has 0 saturated heterocycles. The van der Waals surface area contributed by atoms with Crippen LogP contribution in [0, 0.1) is 0 Å². The summed E-state index contributed by atoms with van der Waals surface area (Å²) in [6.07, 6.45) is 3.44. The van der Waals surface area contributed by atoms with E-state index in [1.165, 1.54) is 0 Å². The third-order valence-corrected chi connectivity index (χ3v) is 4.36. The van der Waals surface area contributed by atoms with E-state index in [4.69, 9.17) is 13.9 Å². The molecule has 0 amide bonds. The summed E-state index contributed by atoms with van der Waals surface area (Å²) in [4.78, 5) is 9.08. The maximum absolute atomic E-state index is 11.1. The molecule has 0 aliphatic heterocycles. The van der Waals surface area contributed by atoms with Gasteiger partial charge in [0.2, 0.25) is 0 Å². The van der Waals surface area contributed by atoms with Crippen LogP contribution in [0.15, 0.2) is 60.7 Å². The molecule has 0 heterocycles. The molecule has 6 heteroatoms. The van der Waals surface area contributed by atoms with Crippen molar-refractivity contribution in [3.63, 3.8) is 0 Å². The van der Waals surface area contributed by atoms with Crippen molar-refractivity contribution in [2.75, 3.05) is 18.5 Å². The second-order valence-electron chi connectivity index (χ2n) is 5.70.